The highest BCUT2D eigenvalue weighted by molar-refractivity contribution is 8.07. The number of hydrogen-bond acceptors (Lipinski definition) is 3. The van der Waals surface area contributed by atoms with Gasteiger partial charge < -0.3 is 5.32 Å². The molecule has 2 rings (SSSR count). The fourth-order valence-corrected chi connectivity index (χ4v) is 5.65. The quantitative estimate of drug-likeness (QED) is 0.905. The van der Waals surface area contributed by atoms with Gasteiger partial charge in [-0.2, -0.15) is 23.5 Å². The normalized spacial score (nSPS) is 29.2. The van der Waals surface area contributed by atoms with Crippen molar-refractivity contribution >= 4 is 23.5 Å². The molecule has 106 valence electrons. The Balaban J connectivity index is 2.19. The molecule has 19 heavy (non-hydrogen) atoms. The topological polar surface area (TPSA) is 12.0 Å². The zero-order valence-electron chi connectivity index (χ0n) is 11.9. The van der Waals surface area contributed by atoms with Crippen molar-refractivity contribution in [2.24, 2.45) is 0 Å². The molecular formula is C15H22FNS2. The number of halogens is 1. The minimum atomic E-state index is -0.134. The summed E-state index contributed by atoms with van der Waals surface area (Å²) < 4.78 is 13.6. The predicted octanol–water partition coefficient (Wildman–Crippen LogP) is 4.02. The Morgan fingerprint density at radius 1 is 1.26 bits per heavy atom. The van der Waals surface area contributed by atoms with Gasteiger partial charge in [-0.05, 0) is 37.2 Å². The average Bonchev–Trinajstić information content (AvgIpc) is 2.33. The Morgan fingerprint density at radius 2 is 2.00 bits per heavy atom. The van der Waals surface area contributed by atoms with Crippen LogP contribution in [0.4, 0.5) is 4.39 Å². The molecule has 1 fully saturated rings. The Kier molecular flexibility index (Phi) is 5.21. The third kappa shape index (κ3) is 3.67. The van der Waals surface area contributed by atoms with Gasteiger partial charge in [-0.3, -0.25) is 0 Å². The van der Waals surface area contributed by atoms with E-state index in [1.807, 2.05) is 37.5 Å². The van der Waals surface area contributed by atoms with E-state index in [9.17, 15) is 4.39 Å². The molecule has 0 bridgehead atoms. The summed E-state index contributed by atoms with van der Waals surface area (Å²) in [5, 5.41) is 5.23. The fourth-order valence-electron chi connectivity index (χ4n) is 2.49. The molecule has 4 atom stereocenters. The molecule has 1 aliphatic rings. The summed E-state index contributed by atoms with van der Waals surface area (Å²) in [7, 11) is 1.97. The SMILES string of the molecule is CNC(c1cc(C)cc(F)c1)C1CSC(C)C(C)S1. The van der Waals surface area contributed by atoms with Crippen LogP contribution in [0.25, 0.3) is 0 Å². The summed E-state index contributed by atoms with van der Waals surface area (Å²) in [6, 6.07) is 5.58. The van der Waals surface area contributed by atoms with Gasteiger partial charge in [-0.25, -0.2) is 4.39 Å². The van der Waals surface area contributed by atoms with Crippen LogP contribution in [0.15, 0.2) is 18.2 Å². The molecule has 1 aromatic rings. The number of aryl methyl sites for hydroxylation is 1. The zero-order valence-corrected chi connectivity index (χ0v) is 13.6. The minimum absolute atomic E-state index is 0.134. The van der Waals surface area contributed by atoms with Crippen LogP contribution in [0.3, 0.4) is 0 Å². The summed E-state index contributed by atoms with van der Waals surface area (Å²) in [6.45, 7) is 6.53. The first-order valence-electron chi connectivity index (χ1n) is 6.72. The second kappa shape index (κ2) is 6.51. The third-order valence-electron chi connectivity index (χ3n) is 3.68. The van der Waals surface area contributed by atoms with Gasteiger partial charge in [0.2, 0.25) is 0 Å². The van der Waals surface area contributed by atoms with Crippen molar-refractivity contribution in [2.75, 3.05) is 12.8 Å². The second-order valence-electron chi connectivity index (χ2n) is 5.25. The number of benzene rings is 1. The van der Waals surface area contributed by atoms with Crippen molar-refractivity contribution in [2.45, 2.75) is 42.6 Å². The van der Waals surface area contributed by atoms with E-state index in [0.29, 0.717) is 15.7 Å². The van der Waals surface area contributed by atoms with E-state index in [-0.39, 0.29) is 11.9 Å². The van der Waals surface area contributed by atoms with E-state index < -0.39 is 0 Å². The predicted molar refractivity (Wildman–Crippen MR) is 85.7 cm³/mol. The molecule has 1 heterocycles. The molecule has 0 amide bonds. The lowest BCUT2D eigenvalue weighted by atomic mass is 10.0. The highest BCUT2D eigenvalue weighted by Crippen LogP contribution is 2.41. The molecule has 1 N–H and O–H groups in total. The Bertz CT molecular complexity index is 418. The molecule has 0 aliphatic carbocycles. The van der Waals surface area contributed by atoms with Gasteiger partial charge in [0, 0.05) is 27.5 Å². The first-order chi connectivity index (χ1) is 9.01. The van der Waals surface area contributed by atoms with Gasteiger partial charge in [-0.15, -0.1) is 0 Å². The van der Waals surface area contributed by atoms with E-state index in [2.05, 4.69) is 25.2 Å². The summed E-state index contributed by atoms with van der Waals surface area (Å²) in [5.74, 6) is 0.988. The fraction of sp³-hybridized carbons (Fsp3) is 0.600. The summed E-state index contributed by atoms with van der Waals surface area (Å²) in [6.07, 6.45) is 0. The van der Waals surface area contributed by atoms with Crippen molar-refractivity contribution in [1.29, 1.82) is 0 Å². The van der Waals surface area contributed by atoms with Crippen LogP contribution in [0, 0.1) is 12.7 Å². The van der Waals surface area contributed by atoms with Crippen LogP contribution in [0.5, 0.6) is 0 Å². The highest BCUT2D eigenvalue weighted by Gasteiger charge is 2.31. The molecule has 1 aromatic carbocycles. The molecule has 1 aliphatic heterocycles. The smallest absolute Gasteiger partial charge is 0.123 e. The maximum atomic E-state index is 13.6. The van der Waals surface area contributed by atoms with E-state index >= 15 is 0 Å². The van der Waals surface area contributed by atoms with Gasteiger partial charge >= 0.3 is 0 Å². The molecule has 1 saturated heterocycles. The van der Waals surface area contributed by atoms with Crippen molar-refractivity contribution < 1.29 is 4.39 Å². The Labute approximate surface area is 124 Å². The minimum Gasteiger partial charge on any atom is -0.312 e. The van der Waals surface area contributed by atoms with Crippen molar-refractivity contribution in [3.05, 3.63) is 35.1 Å². The molecule has 4 heteroatoms. The molecule has 0 aromatic heterocycles. The summed E-state index contributed by atoms with van der Waals surface area (Å²) >= 11 is 4.05. The van der Waals surface area contributed by atoms with Gasteiger partial charge in [0.05, 0.1) is 0 Å². The van der Waals surface area contributed by atoms with Crippen LogP contribution in [0.2, 0.25) is 0 Å². The van der Waals surface area contributed by atoms with Crippen LogP contribution < -0.4 is 5.32 Å². The van der Waals surface area contributed by atoms with Crippen LogP contribution >= 0.6 is 23.5 Å². The molecule has 1 nitrogen and oxygen atoms in total. The maximum absolute atomic E-state index is 13.6. The number of rotatable bonds is 3. The molecular weight excluding hydrogens is 277 g/mol. The van der Waals surface area contributed by atoms with E-state index in [1.54, 1.807) is 12.1 Å². The number of hydrogen-bond donors (Lipinski definition) is 1. The lowest BCUT2D eigenvalue weighted by Crippen LogP contribution is -2.35. The average molecular weight is 299 g/mol. The third-order valence-corrected chi connectivity index (χ3v) is 7.18. The molecule has 0 radical (unpaired) electrons. The van der Waals surface area contributed by atoms with Gasteiger partial charge in [0.15, 0.2) is 0 Å². The molecule has 0 saturated carbocycles. The standard InChI is InChI=1S/C15H22FNS2/c1-9-5-12(7-13(16)6-9)15(17-4)14-8-18-10(2)11(3)19-14/h5-7,10-11,14-15,17H,8H2,1-4H3. The van der Waals surface area contributed by atoms with Crippen molar-refractivity contribution in [1.82, 2.24) is 5.32 Å². The van der Waals surface area contributed by atoms with Gasteiger partial charge in [0.1, 0.15) is 5.82 Å². The Hall–Kier alpha value is -0.190. The van der Waals surface area contributed by atoms with E-state index in [0.717, 1.165) is 16.9 Å². The highest BCUT2D eigenvalue weighted by atomic mass is 32.2. The largest absolute Gasteiger partial charge is 0.312 e. The van der Waals surface area contributed by atoms with Crippen LogP contribution in [-0.4, -0.2) is 28.6 Å². The number of thioether (sulfide) groups is 2. The summed E-state index contributed by atoms with van der Waals surface area (Å²) in [4.78, 5) is 0. The Morgan fingerprint density at radius 3 is 2.58 bits per heavy atom. The van der Waals surface area contributed by atoms with Crippen LogP contribution in [0.1, 0.15) is 31.0 Å². The lowest BCUT2D eigenvalue weighted by molar-refractivity contribution is 0.574. The first kappa shape index (κ1) is 15.2. The van der Waals surface area contributed by atoms with Crippen LogP contribution in [-0.2, 0) is 0 Å². The van der Waals surface area contributed by atoms with Crippen molar-refractivity contribution in [3.8, 4) is 0 Å². The lowest BCUT2D eigenvalue weighted by Gasteiger charge is -2.36. The van der Waals surface area contributed by atoms with E-state index in [4.69, 9.17) is 0 Å². The first-order valence-corrected chi connectivity index (χ1v) is 8.72. The van der Waals surface area contributed by atoms with Gasteiger partial charge in [0.25, 0.3) is 0 Å². The zero-order chi connectivity index (χ0) is 14.0. The molecule has 4 unspecified atom stereocenters. The monoisotopic (exact) mass is 299 g/mol. The second-order valence-corrected chi connectivity index (χ2v) is 8.28. The van der Waals surface area contributed by atoms with Gasteiger partial charge in [-0.1, -0.05) is 19.9 Å². The number of nitrogens with one attached hydrogen (secondary N) is 1. The maximum Gasteiger partial charge on any atom is 0.123 e. The van der Waals surface area contributed by atoms with E-state index in [1.165, 1.54) is 0 Å². The molecule has 0 spiro atoms. The van der Waals surface area contributed by atoms with Crippen molar-refractivity contribution in [3.63, 3.8) is 0 Å². The summed E-state index contributed by atoms with van der Waals surface area (Å²) in [5.41, 5.74) is 2.06.